The molecule has 0 spiro atoms. The largest absolute Gasteiger partial charge is 0.369 e. The Kier molecular flexibility index (Phi) is 4.46. The molecule has 1 aliphatic rings. The topological polar surface area (TPSA) is 47.0 Å². The summed E-state index contributed by atoms with van der Waals surface area (Å²) in [5.41, 5.74) is 0.664. The molecule has 1 saturated carbocycles. The number of hydrogen-bond acceptors (Lipinski definition) is 4. The number of rotatable bonds is 6. The smallest absolute Gasteiger partial charge is 0.162 e. The number of aromatic nitrogens is 2. The van der Waals surface area contributed by atoms with Gasteiger partial charge in [-0.2, -0.15) is 0 Å². The highest BCUT2D eigenvalue weighted by molar-refractivity contribution is 9.10. The predicted octanol–water partition coefficient (Wildman–Crippen LogP) is 3.82. The van der Waals surface area contributed by atoms with Gasteiger partial charge in [0.2, 0.25) is 0 Å². The van der Waals surface area contributed by atoms with E-state index in [-0.39, 0.29) is 0 Å². The molecule has 0 unspecified atom stereocenters. The third-order valence-electron chi connectivity index (χ3n) is 3.23. The van der Waals surface area contributed by atoms with Crippen molar-refractivity contribution in [2.45, 2.75) is 52.1 Å². The lowest BCUT2D eigenvalue weighted by molar-refractivity contribution is -0.0208. The standard InChI is InChI=1S/C14H22BrN3O/c1-5-16-12-10(15)11(9-7-8-9)17-13(18-12)14(3,4)19-6-2/h9H,5-8H2,1-4H3,(H,16,17,18). The van der Waals surface area contributed by atoms with E-state index < -0.39 is 5.60 Å². The summed E-state index contributed by atoms with van der Waals surface area (Å²) in [4.78, 5) is 9.37. The number of nitrogens with zero attached hydrogens (tertiary/aromatic N) is 2. The van der Waals surface area contributed by atoms with Gasteiger partial charge in [-0.1, -0.05) is 0 Å². The van der Waals surface area contributed by atoms with Gasteiger partial charge in [-0.25, -0.2) is 9.97 Å². The molecule has 1 aliphatic carbocycles. The second-order valence-corrected chi connectivity index (χ2v) is 6.14. The maximum atomic E-state index is 5.78. The van der Waals surface area contributed by atoms with E-state index in [1.165, 1.54) is 12.8 Å². The molecule has 1 N–H and O–H groups in total. The molecule has 0 radical (unpaired) electrons. The van der Waals surface area contributed by atoms with Crippen molar-refractivity contribution in [3.8, 4) is 0 Å². The molecule has 0 amide bonds. The Morgan fingerprint density at radius 3 is 2.53 bits per heavy atom. The highest BCUT2D eigenvalue weighted by Crippen LogP contribution is 2.44. The minimum atomic E-state index is -0.455. The lowest BCUT2D eigenvalue weighted by Crippen LogP contribution is -2.26. The molecule has 19 heavy (non-hydrogen) atoms. The van der Waals surface area contributed by atoms with Gasteiger partial charge in [0.1, 0.15) is 11.4 Å². The second-order valence-electron chi connectivity index (χ2n) is 5.34. The third kappa shape index (κ3) is 3.26. The molecule has 1 aromatic rings. The van der Waals surface area contributed by atoms with Crippen LogP contribution in [0.25, 0.3) is 0 Å². The maximum Gasteiger partial charge on any atom is 0.162 e. The molecule has 0 bridgehead atoms. The van der Waals surface area contributed by atoms with Crippen LogP contribution in [0.1, 0.15) is 58.0 Å². The summed E-state index contributed by atoms with van der Waals surface area (Å²) >= 11 is 3.63. The number of ether oxygens (including phenoxy) is 1. The van der Waals surface area contributed by atoms with E-state index in [2.05, 4.69) is 33.2 Å². The molecule has 106 valence electrons. The van der Waals surface area contributed by atoms with Gasteiger partial charge in [0.15, 0.2) is 5.82 Å². The van der Waals surface area contributed by atoms with Gasteiger partial charge >= 0.3 is 0 Å². The molecule has 1 heterocycles. The van der Waals surface area contributed by atoms with Gasteiger partial charge in [0.05, 0.1) is 10.2 Å². The van der Waals surface area contributed by atoms with Crippen molar-refractivity contribution in [1.82, 2.24) is 9.97 Å². The summed E-state index contributed by atoms with van der Waals surface area (Å²) in [6.45, 7) is 9.60. The summed E-state index contributed by atoms with van der Waals surface area (Å²) in [5.74, 6) is 2.21. The SMILES string of the molecule is CCNc1nc(C(C)(C)OCC)nc(C2CC2)c1Br. The zero-order valence-electron chi connectivity index (χ0n) is 12.1. The van der Waals surface area contributed by atoms with Crippen LogP contribution in [0.3, 0.4) is 0 Å². The Bertz CT molecular complexity index is 458. The van der Waals surface area contributed by atoms with Gasteiger partial charge in [-0.3, -0.25) is 0 Å². The van der Waals surface area contributed by atoms with E-state index in [1.54, 1.807) is 0 Å². The van der Waals surface area contributed by atoms with Crippen LogP contribution in [-0.2, 0) is 10.3 Å². The van der Waals surface area contributed by atoms with Crippen LogP contribution >= 0.6 is 15.9 Å². The summed E-state index contributed by atoms with van der Waals surface area (Å²) in [6.07, 6.45) is 2.44. The summed E-state index contributed by atoms with van der Waals surface area (Å²) in [5, 5.41) is 3.30. The number of nitrogens with one attached hydrogen (secondary N) is 1. The fraction of sp³-hybridized carbons (Fsp3) is 0.714. The Balaban J connectivity index is 2.43. The summed E-state index contributed by atoms with van der Waals surface area (Å²) < 4.78 is 6.78. The molecule has 0 aliphatic heterocycles. The molecule has 1 fully saturated rings. The first-order valence-corrected chi connectivity index (χ1v) is 7.74. The highest BCUT2D eigenvalue weighted by atomic mass is 79.9. The average Bonchev–Trinajstić information content (AvgIpc) is 3.15. The highest BCUT2D eigenvalue weighted by Gasteiger charge is 2.32. The van der Waals surface area contributed by atoms with Crippen LogP contribution in [0.2, 0.25) is 0 Å². The molecule has 2 rings (SSSR count). The number of anilines is 1. The van der Waals surface area contributed by atoms with Crippen LogP contribution in [0, 0.1) is 0 Å². The molecule has 0 saturated heterocycles. The number of hydrogen-bond donors (Lipinski definition) is 1. The van der Waals surface area contributed by atoms with Crippen molar-refractivity contribution in [3.05, 3.63) is 16.0 Å². The molecular formula is C14H22BrN3O. The van der Waals surface area contributed by atoms with E-state index in [0.717, 1.165) is 28.4 Å². The first-order chi connectivity index (χ1) is 8.99. The monoisotopic (exact) mass is 327 g/mol. The summed E-state index contributed by atoms with van der Waals surface area (Å²) in [7, 11) is 0. The normalized spacial score (nSPS) is 15.6. The minimum absolute atomic E-state index is 0.455. The van der Waals surface area contributed by atoms with E-state index in [9.17, 15) is 0 Å². The van der Waals surface area contributed by atoms with Crippen molar-refractivity contribution in [2.24, 2.45) is 0 Å². The third-order valence-corrected chi connectivity index (χ3v) is 4.01. The average molecular weight is 328 g/mol. The van der Waals surface area contributed by atoms with Gasteiger partial charge in [-0.15, -0.1) is 0 Å². The van der Waals surface area contributed by atoms with Crippen LogP contribution in [0.5, 0.6) is 0 Å². The Hall–Kier alpha value is -0.680. The van der Waals surface area contributed by atoms with Crippen LogP contribution in [0.4, 0.5) is 5.82 Å². The fourth-order valence-corrected chi connectivity index (χ4v) is 2.71. The van der Waals surface area contributed by atoms with Gasteiger partial charge in [-0.05, 0) is 56.5 Å². The predicted molar refractivity (Wildman–Crippen MR) is 80.5 cm³/mol. The van der Waals surface area contributed by atoms with Crippen molar-refractivity contribution in [3.63, 3.8) is 0 Å². The van der Waals surface area contributed by atoms with E-state index in [1.807, 2.05) is 20.8 Å². The van der Waals surface area contributed by atoms with Crippen molar-refractivity contribution in [1.29, 1.82) is 0 Å². The molecule has 5 heteroatoms. The zero-order chi connectivity index (χ0) is 14.0. The lowest BCUT2D eigenvalue weighted by atomic mass is 10.1. The van der Waals surface area contributed by atoms with Crippen molar-refractivity contribution >= 4 is 21.7 Å². The Morgan fingerprint density at radius 1 is 1.32 bits per heavy atom. The number of halogens is 1. The molecule has 0 atom stereocenters. The molecule has 1 aromatic heterocycles. The van der Waals surface area contributed by atoms with Crippen LogP contribution < -0.4 is 5.32 Å². The Morgan fingerprint density at radius 2 is 2.00 bits per heavy atom. The van der Waals surface area contributed by atoms with Crippen molar-refractivity contribution in [2.75, 3.05) is 18.5 Å². The zero-order valence-corrected chi connectivity index (χ0v) is 13.7. The molecule has 4 nitrogen and oxygen atoms in total. The van der Waals surface area contributed by atoms with Crippen molar-refractivity contribution < 1.29 is 4.74 Å². The fourth-order valence-electron chi connectivity index (χ4n) is 2.07. The minimum Gasteiger partial charge on any atom is -0.369 e. The first-order valence-electron chi connectivity index (χ1n) is 6.95. The maximum absolute atomic E-state index is 5.78. The van der Waals surface area contributed by atoms with Crippen LogP contribution in [0.15, 0.2) is 4.47 Å². The first kappa shape index (κ1) is 14.7. The lowest BCUT2D eigenvalue weighted by Gasteiger charge is -2.24. The molecule has 0 aromatic carbocycles. The van der Waals surface area contributed by atoms with Gasteiger partial charge < -0.3 is 10.1 Å². The van der Waals surface area contributed by atoms with E-state index in [4.69, 9.17) is 9.72 Å². The second kappa shape index (κ2) is 5.75. The molecular weight excluding hydrogens is 306 g/mol. The van der Waals surface area contributed by atoms with Gasteiger partial charge in [0, 0.05) is 19.1 Å². The Labute approximate surface area is 123 Å². The van der Waals surface area contributed by atoms with Crippen LogP contribution in [-0.4, -0.2) is 23.1 Å². The quantitative estimate of drug-likeness (QED) is 0.862. The van der Waals surface area contributed by atoms with E-state index in [0.29, 0.717) is 12.5 Å². The summed E-state index contributed by atoms with van der Waals surface area (Å²) in [6, 6.07) is 0. The van der Waals surface area contributed by atoms with Gasteiger partial charge in [0.25, 0.3) is 0 Å². The van der Waals surface area contributed by atoms with E-state index >= 15 is 0 Å².